The lowest BCUT2D eigenvalue weighted by Gasteiger charge is -2.34. The maximum absolute atomic E-state index is 8.96. The standard InChI is InChI=1S/C9H19NO/c1-8(2)10-5-3-4-9(6-10)7-11/h8-9,11H,3-7H2,1-2H3. The Kier molecular flexibility index (Phi) is 3.34. The zero-order valence-electron chi connectivity index (χ0n) is 7.58. The highest BCUT2D eigenvalue weighted by molar-refractivity contribution is 4.74. The van der Waals surface area contributed by atoms with Crippen LogP contribution in [-0.4, -0.2) is 35.7 Å². The fourth-order valence-electron chi connectivity index (χ4n) is 1.72. The summed E-state index contributed by atoms with van der Waals surface area (Å²) in [6.45, 7) is 7.12. The summed E-state index contributed by atoms with van der Waals surface area (Å²) in [5.41, 5.74) is 0. The second-order valence-electron chi connectivity index (χ2n) is 3.78. The summed E-state index contributed by atoms with van der Waals surface area (Å²) < 4.78 is 0. The summed E-state index contributed by atoms with van der Waals surface area (Å²) in [5.74, 6) is 0.533. The fraction of sp³-hybridized carbons (Fsp3) is 1.00. The van der Waals surface area contributed by atoms with E-state index >= 15 is 0 Å². The first kappa shape index (κ1) is 9.01. The van der Waals surface area contributed by atoms with Crippen LogP contribution in [0.1, 0.15) is 26.7 Å². The van der Waals surface area contributed by atoms with Gasteiger partial charge in [-0.05, 0) is 39.2 Å². The molecular weight excluding hydrogens is 138 g/mol. The maximum atomic E-state index is 8.96. The van der Waals surface area contributed by atoms with Gasteiger partial charge in [-0.3, -0.25) is 0 Å². The van der Waals surface area contributed by atoms with Crippen LogP contribution in [0, 0.1) is 5.92 Å². The Morgan fingerprint density at radius 2 is 2.27 bits per heavy atom. The van der Waals surface area contributed by atoms with Crippen LogP contribution in [0.25, 0.3) is 0 Å². The lowest BCUT2D eigenvalue weighted by Crippen LogP contribution is -2.40. The topological polar surface area (TPSA) is 23.5 Å². The average Bonchev–Trinajstić information content (AvgIpc) is 2.05. The second-order valence-corrected chi connectivity index (χ2v) is 3.78. The van der Waals surface area contributed by atoms with E-state index in [1.165, 1.54) is 19.4 Å². The van der Waals surface area contributed by atoms with Crippen molar-refractivity contribution in [1.82, 2.24) is 4.90 Å². The minimum atomic E-state index is 0.364. The number of aliphatic hydroxyl groups is 1. The molecule has 1 unspecified atom stereocenters. The Bertz CT molecular complexity index is 114. The molecule has 2 nitrogen and oxygen atoms in total. The molecule has 1 saturated heterocycles. The molecule has 0 spiro atoms. The van der Waals surface area contributed by atoms with Crippen LogP contribution in [-0.2, 0) is 0 Å². The maximum Gasteiger partial charge on any atom is 0.0471 e. The van der Waals surface area contributed by atoms with Gasteiger partial charge in [0.25, 0.3) is 0 Å². The third kappa shape index (κ3) is 2.46. The van der Waals surface area contributed by atoms with Gasteiger partial charge in [0.1, 0.15) is 0 Å². The molecule has 1 aliphatic heterocycles. The number of aliphatic hydroxyl groups excluding tert-OH is 1. The molecule has 1 aliphatic rings. The van der Waals surface area contributed by atoms with E-state index in [4.69, 9.17) is 5.11 Å². The first-order chi connectivity index (χ1) is 5.24. The monoisotopic (exact) mass is 157 g/mol. The van der Waals surface area contributed by atoms with Crippen LogP contribution >= 0.6 is 0 Å². The van der Waals surface area contributed by atoms with Crippen LogP contribution in [0.3, 0.4) is 0 Å². The van der Waals surface area contributed by atoms with Crippen molar-refractivity contribution in [3.63, 3.8) is 0 Å². The van der Waals surface area contributed by atoms with Crippen LogP contribution in [0.15, 0.2) is 0 Å². The summed E-state index contributed by atoms with van der Waals surface area (Å²) in [4.78, 5) is 2.45. The third-order valence-corrected chi connectivity index (χ3v) is 2.54. The molecule has 0 aromatic heterocycles. The number of rotatable bonds is 2. The molecule has 0 bridgehead atoms. The van der Waals surface area contributed by atoms with Gasteiger partial charge in [0.15, 0.2) is 0 Å². The SMILES string of the molecule is CC(C)N1CCCC(CO)C1. The first-order valence-corrected chi connectivity index (χ1v) is 4.59. The van der Waals surface area contributed by atoms with Crippen LogP contribution in [0.5, 0.6) is 0 Å². The first-order valence-electron chi connectivity index (χ1n) is 4.59. The zero-order chi connectivity index (χ0) is 8.27. The van der Waals surface area contributed by atoms with Gasteiger partial charge in [-0.25, -0.2) is 0 Å². The molecule has 0 aromatic carbocycles. The summed E-state index contributed by atoms with van der Waals surface area (Å²) >= 11 is 0. The van der Waals surface area contributed by atoms with Gasteiger partial charge in [-0.15, -0.1) is 0 Å². The minimum absolute atomic E-state index is 0.364. The van der Waals surface area contributed by atoms with Gasteiger partial charge in [0.05, 0.1) is 0 Å². The van der Waals surface area contributed by atoms with Gasteiger partial charge in [-0.2, -0.15) is 0 Å². The molecule has 1 N–H and O–H groups in total. The minimum Gasteiger partial charge on any atom is -0.396 e. The average molecular weight is 157 g/mol. The zero-order valence-corrected chi connectivity index (χ0v) is 7.58. The van der Waals surface area contributed by atoms with Gasteiger partial charge in [0, 0.05) is 19.2 Å². The Balaban J connectivity index is 2.33. The molecule has 1 atom stereocenters. The van der Waals surface area contributed by atoms with Crippen LogP contribution in [0.2, 0.25) is 0 Å². The molecule has 1 fully saturated rings. The van der Waals surface area contributed by atoms with E-state index in [2.05, 4.69) is 18.7 Å². The summed E-state index contributed by atoms with van der Waals surface area (Å²) in [6.07, 6.45) is 2.46. The van der Waals surface area contributed by atoms with Crippen LogP contribution < -0.4 is 0 Å². The van der Waals surface area contributed by atoms with E-state index < -0.39 is 0 Å². The molecule has 0 amide bonds. The van der Waals surface area contributed by atoms with E-state index in [9.17, 15) is 0 Å². The molecule has 1 rings (SSSR count). The largest absolute Gasteiger partial charge is 0.396 e. The van der Waals surface area contributed by atoms with E-state index in [1.54, 1.807) is 0 Å². The molecule has 66 valence electrons. The number of piperidine rings is 1. The normalized spacial score (nSPS) is 27.8. The smallest absolute Gasteiger partial charge is 0.0471 e. The number of hydrogen-bond acceptors (Lipinski definition) is 2. The molecule has 1 heterocycles. The fourth-order valence-corrected chi connectivity index (χ4v) is 1.72. The number of nitrogens with zero attached hydrogens (tertiary/aromatic N) is 1. The van der Waals surface area contributed by atoms with E-state index in [-0.39, 0.29) is 0 Å². The van der Waals surface area contributed by atoms with Crippen molar-refractivity contribution in [3.05, 3.63) is 0 Å². The molecule has 0 saturated carbocycles. The summed E-state index contributed by atoms with van der Waals surface area (Å²) in [5, 5.41) is 8.96. The predicted octanol–water partition coefficient (Wildman–Crippen LogP) is 1.10. The van der Waals surface area contributed by atoms with Gasteiger partial charge >= 0.3 is 0 Å². The van der Waals surface area contributed by atoms with Gasteiger partial charge in [-0.1, -0.05) is 0 Å². The molecule has 11 heavy (non-hydrogen) atoms. The third-order valence-electron chi connectivity index (χ3n) is 2.54. The molecule has 0 aliphatic carbocycles. The lowest BCUT2D eigenvalue weighted by molar-refractivity contribution is 0.0993. The van der Waals surface area contributed by atoms with Gasteiger partial charge < -0.3 is 10.0 Å². The molecular formula is C9H19NO. The summed E-state index contributed by atoms with van der Waals surface area (Å²) in [7, 11) is 0. The van der Waals surface area contributed by atoms with E-state index in [0.29, 0.717) is 18.6 Å². The Labute approximate surface area is 69.2 Å². The highest BCUT2D eigenvalue weighted by Gasteiger charge is 2.20. The van der Waals surface area contributed by atoms with Crippen molar-refractivity contribution in [1.29, 1.82) is 0 Å². The molecule has 0 aromatic rings. The van der Waals surface area contributed by atoms with Crippen molar-refractivity contribution in [2.24, 2.45) is 5.92 Å². The van der Waals surface area contributed by atoms with Gasteiger partial charge in [0.2, 0.25) is 0 Å². The highest BCUT2D eigenvalue weighted by atomic mass is 16.3. The van der Waals surface area contributed by atoms with E-state index in [0.717, 1.165) is 6.54 Å². The second kappa shape index (κ2) is 4.07. The molecule has 0 radical (unpaired) electrons. The van der Waals surface area contributed by atoms with Crippen molar-refractivity contribution >= 4 is 0 Å². The highest BCUT2D eigenvalue weighted by Crippen LogP contribution is 2.17. The quantitative estimate of drug-likeness (QED) is 0.649. The van der Waals surface area contributed by atoms with Crippen molar-refractivity contribution in [3.8, 4) is 0 Å². The summed E-state index contributed by atoms with van der Waals surface area (Å²) in [6, 6.07) is 0.643. The van der Waals surface area contributed by atoms with Crippen molar-refractivity contribution in [2.75, 3.05) is 19.7 Å². The lowest BCUT2D eigenvalue weighted by atomic mass is 9.98. The number of hydrogen-bond donors (Lipinski definition) is 1. The van der Waals surface area contributed by atoms with Crippen molar-refractivity contribution < 1.29 is 5.11 Å². The number of likely N-dealkylation sites (tertiary alicyclic amines) is 1. The predicted molar refractivity (Wildman–Crippen MR) is 46.5 cm³/mol. The molecule has 2 heteroatoms. The van der Waals surface area contributed by atoms with Crippen molar-refractivity contribution in [2.45, 2.75) is 32.7 Å². The Morgan fingerprint density at radius 1 is 1.55 bits per heavy atom. The Morgan fingerprint density at radius 3 is 2.82 bits per heavy atom. The van der Waals surface area contributed by atoms with E-state index in [1.807, 2.05) is 0 Å². The van der Waals surface area contributed by atoms with Crippen LogP contribution in [0.4, 0.5) is 0 Å². The Hall–Kier alpha value is -0.0800.